The van der Waals surface area contributed by atoms with Crippen LogP contribution < -0.4 is 0 Å². The number of fused-ring (bicyclic) bond motifs is 2. The van der Waals surface area contributed by atoms with E-state index in [0.29, 0.717) is 16.3 Å². The van der Waals surface area contributed by atoms with Gasteiger partial charge in [-0.1, -0.05) is 31.8 Å². The predicted molar refractivity (Wildman–Crippen MR) is 89.8 cm³/mol. The van der Waals surface area contributed by atoms with Crippen molar-refractivity contribution in [2.24, 2.45) is 5.92 Å². The highest BCUT2D eigenvalue weighted by atomic mass is 32.2. The molecule has 0 N–H and O–H groups in total. The molecule has 2 atom stereocenters. The van der Waals surface area contributed by atoms with Gasteiger partial charge >= 0.3 is 0 Å². The quantitative estimate of drug-likeness (QED) is 0.438. The van der Waals surface area contributed by atoms with E-state index < -0.39 is 10.8 Å². The van der Waals surface area contributed by atoms with Crippen LogP contribution in [0.25, 0.3) is 0 Å². The predicted octanol–water partition coefficient (Wildman–Crippen LogP) is 4.55. The van der Waals surface area contributed by atoms with Gasteiger partial charge in [-0.2, -0.15) is 0 Å². The average Bonchev–Trinajstić information content (AvgIpc) is 2.71. The highest BCUT2D eigenvalue weighted by Crippen LogP contribution is 2.39. The number of unbranched alkanes of at least 4 members (excludes halogenated alkanes) is 6. The summed E-state index contributed by atoms with van der Waals surface area (Å²) in [4.78, 5) is 12.3. The summed E-state index contributed by atoms with van der Waals surface area (Å²) in [7, 11) is -0.628. The molecule has 0 amide bonds. The molecule has 2 saturated heterocycles. The summed E-state index contributed by atoms with van der Waals surface area (Å²) in [5, 5.41) is 0.671. The molecule has 0 spiro atoms. The number of allylic oxidation sites excluding steroid dienone is 1. The number of carbonyl (C=O) groups is 1. The molecule has 0 saturated carbocycles. The Kier molecular flexibility index (Phi) is 7.15. The van der Waals surface area contributed by atoms with E-state index in [1.54, 1.807) is 0 Å². The van der Waals surface area contributed by atoms with Crippen LogP contribution in [0.1, 0.15) is 77.0 Å². The van der Waals surface area contributed by atoms with Crippen LogP contribution in [0, 0.1) is 5.92 Å². The first-order chi connectivity index (χ1) is 10.2. The van der Waals surface area contributed by atoms with Crippen molar-refractivity contribution in [1.29, 1.82) is 0 Å². The molecule has 120 valence electrons. The summed E-state index contributed by atoms with van der Waals surface area (Å²) in [6.45, 7) is 3.73. The highest BCUT2D eigenvalue weighted by Gasteiger charge is 2.42. The molecule has 2 fully saturated rings. The van der Waals surface area contributed by atoms with Crippen molar-refractivity contribution in [3.8, 4) is 0 Å². The topological polar surface area (TPSA) is 34.1 Å². The van der Waals surface area contributed by atoms with Gasteiger partial charge in [0.2, 0.25) is 0 Å². The van der Waals surface area contributed by atoms with E-state index >= 15 is 0 Å². The minimum atomic E-state index is -0.628. The summed E-state index contributed by atoms with van der Waals surface area (Å²) in [5.41, 5.74) is 0. The van der Waals surface area contributed by atoms with E-state index in [4.69, 9.17) is 0 Å². The van der Waals surface area contributed by atoms with Crippen LogP contribution in [-0.4, -0.2) is 20.5 Å². The second kappa shape index (κ2) is 8.87. The molecular weight excluding hydrogens is 280 g/mol. The van der Waals surface area contributed by atoms with Gasteiger partial charge in [-0.25, -0.2) is 0 Å². The third-order valence-electron chi connectivity index (χ3n) is 5.10. The van der Waals surface area contributed by atoms with Crippen LogP contribution in [0.5, 0.6) is 0 Å². The van der Waals surface area contributed by atoms with E-state index in [0.717, 1.165) is 44.9 Å². The van der Waals surface area contributed by atoms with Crippen LogP contribution in [-0.2, 0) is 15.6 Å². The van der Waals surface area contributed by atoms with Crippen molar-refractivity contribution in [1.82, 2.24) is 0 Å². The Bertz CT molecular complexity index is 361. The first-order valence-electron chi connectivity index (χ1n) is 8.75. The van der Waals surface area contributed by atoms with Gasteiger partial charge in [0.05, 0.1) is 0 Å². The molecule has 2 aliphatic rings. The van der Waals surface area contributed by atoms with Gasteiger partial charge in [0.25, 0.3) is 0 Å². The smallest absolute Gasteiger partial charge is 0.136 e. The highest BCUT2D eigenvalue weighted by molar-refractivity contribution is 7.86. The van der Waals surface area contributed by atoms with Gasteiger partial charge < -0.3 is 0 Å². The third-order valence-corrected chi connectivity index (χ3v) is 7.27. The maximum absolute atomic E-state index is 12.3. The Morgan fingerprint density at radius 2 is 1.57 bits per heavy atom. The number of carbonyl (C=O) groups excluding carboxylic acids is 1. The molecule has 2 nitrogen and oxygen atoms in total. The summed E-state index contributed by atoms with van der Waals surface area (Å²) < 4.78 is 12.0. The maximum Gasteiger partial charge on any atom is 0.136 e. The van der Waals surface area contributed by atoms with Crippen molar-refractivity contribution in [3.05, 3.63) is 12.7 Å². The van der Waals surface area contributed by atoms with Crippen LogP contribution in [0.3, 0.4) is 0 Å². The van der Waals surface area contributed by atoms with E-state index in [1.807, 2.05) is 6.08 Å². The summed E-state index contributed by atoms with van der Waals surface area (Å²) >= 11 is 0. The van der Waals surface area contributed by atoms with Gasteiger partial charge in [-0.05, 0) is 44.9 Å². The number of hydrogen-bond acceptors (Lipinski definition) is 2. The lowest BCUT2D eigenvalue weighted by atomic mass is 9.91. The first kappa shape index (κ1) is 16.9. The Morgan fingerprint density at radius 1 is 1.00 bits per heavy atom. The monoisotopic (exact) mass is 310 g/mol. The fourth-order valence-corrected chi connectivity index (χ4v) is 5.92. The van der Waals surface area contributed by atoms with Gasteiger partial charge in [-0.3, -0.25) is 9.00 Å². The zero-order valence-corrected chi connectivity index (χ0v) is 14.0. The molecule has 21 heavy (non-hydrogen) atoms. The van der Waals surface area contributed by atoms with Crippen molar-refractivity contribution in [2.75, 3.05) is 0 Å². The van der Waals surface area contributed by atoms with E-state index in [-0.39, 0.29) is 5.92 Å². The van der Waals surface area contributed by atoms with E-state index in [2.05, 4.69) is 6.58 Å². The number of ketones is 1. The number of rotatable bonds is 10. The van der Waals surface area contributed by atoms with E-state index in [9.17, 15) is 9.00 Å². The molecule has 0 aromatic carbocycles. The molecule has 0 radical (unpaired) electrons. The molecule has 0 aromatic rings. The molecule has 2 bridgehead atoms. The Hall–Kier alpha value is -0.440. The molecule has 2 heterocycles. The van der Waals surface area contributed by atoms with Crippen LogP contribution in [0.15, 0.2) is 12.7 Å². The number of hydrogen-bond donors (Lipinski definition) is 0. The largest absolute Gasteiger partial charge is 0.299 e. The first-order valence-corrected chi connectivity index (χ1v) is 10.0. The minimum absolute atomic E-state index is 0.229. The minimum Gasteiger partial charge on any atom is -0.299 e. The summed E-state index contributed by atoms with van der Waals surface area (Å²) in [6, 6.07) is 0. The molecule has 2 aliphatic heterocycles. The molecule has 3 heteroatoms. The van der Waals surface area contributed by atoms with Crippen LogP contribution in [0.2, 0.25) is 0 Å². The van der Waals surface area contributed by atoms with Gasteiger partial charge in [-0.15, -0.1) is 6.58 Å². The molecular formula is C18H30O2S. The second-order valence-electron chi connectivity index (χ2n) is 6.73. The van der Waals surface area contributed by atoms with Crippen LogP contribution >= 0.6 is 0 Å². The molecule has 0 aliphatic carbocycles. The van der Waals surface area contributed by atoms with Gasteiger partial charge in [0, 0.05) is 33.6 Å². The summed E-state index contributed by atoms with van der Waals surface area (Å²) in [6.07, 6.45) is 15.2. The lowest BCUT2D eigenvalue weighted by molar-refractivity contribution is -0.123. The zero-order chi connectivity index (χ0) is 15.1. The SMILES string of the molecule is C=CCCCCCCCCC(=O)C1CC2CCC(C1)S2=O. The van der Waals surface area contributed by atoms with Crippen molar-refractivity contribution < 1.29 is 9.00 Å². The molecule has 2 rings (SSSR count). The Morgan fingerprint density at radius 3 is 2.19 bits per heavy atom. The lowest BCUT2D eigenvalue weighted by Crippen LogP contribution is -2.32. The van der Waals surface area contributed by atoms with E-state index in [1.165, 1.54) is 32.1 Å². The van der Waals surface area contributed by atoms with Crippen molar-refractivity contribution in [2.45, 2.75) is 87.5 Å². The normalized spacial score (nSPS) is 31.2. The zero-order valence-electron chi connectivity index (χ0n) is 13.2. The maximum atomic E-state index is 12.3. The fraction of sp³-hybridized carbons (Fsp3) is 0.833. The lowest BCUT2D eigenvalue weighted by Gasteiger charge is -2.26. The third kappa shape index (κ3) is 5.05. The Balaban J connectivity index is 1.54. The van der Waals surface area contributed by atoms with Crippen molar-refractivity contribution >= 4 is 16.6 Å². The van der Waals surface area contributed by atoms with Gasteiger partial charge in [0.15, 0.2) is 0 Å². The van der Waals surface area contributed by atoms with Crippen molar-refractivity contribution in [3.63, 3.8) is 0 Å². The second-order valence-corrected chi connectivity index (χ2v) is 8.72. The van der Waals surface area contributed by atoms with Gasteiger partial charge in [0.1, 0.15) is 5.78 Å². The standard InChI is InChI=1S/C18H30O2S/c1-2-3-4-5-6-7-8-9-10-18(19)15-13-16-11-12-17(14-15)21(16)20/h2,15-17H,1,3-14H2. The molecule has 0 aromatic heterocycles. The number of Topliss-reactive ketones (excluding diaryl/α,β-unsaturated/α-hetero) is 1. The Labute approximate surface area is 132 Å². The average molecular weight is 311 g/mol. The fourth-order valence-electron chi connectivity index (χ4n) is 3.79. The molecule has 2 unspecified atom stereocenters. The van der Waals surface area contributed by atoms with Crippen LogP contribution in [0.4, 0.5) is 0 Å². The summed E-state index contributed by atoms with van der Waals surface area (Å²) in [5.74, 6) is 0.683.